The van der Waals surface area contributed by atoms with Crippen LogP contribution in [0.2, 0.25) is 0 Å². The standard InChI is InChI=1S/C20H36N4O2/c25-19(22-12-11-21-18-7-3-1-2-4-8-18)17-9-15-24(16-10-17)20(26)23-13-5-6-14-23/h17-18,21H,1-16H2,(H,22,25). The highest BCUT2D eigenvalue weighted by Crippen LogP contribution is 2.20. The van der Waals surface area contributed by atoms with Crippen molar-refractivity contribution in [2.24, 2.45) is 5.92 Å². The Balaban J connectivity index is 1.29. The number of nitrogens with zero attached hydrogens (tertiary/aromatic N) is 2. The first-order valence-corrected chi connectivity index (χ1v) is 10.8. The largest absolute Gasteiger partial charge is 0.355 e. The second-order valence-corrected chi connectivity index (χ2v) is 8.17. The Morgan fingerprint density at radius 2 is 1.35 bits per heavy atom. The van der Waals surface area contributed by atoms with Crippen LogP contribution in [0.1, 0.15) is 64.2 Å². The topological polar surface area (TPSA) is 64.7 Å². The molecule has 3 aliphatic rings. The summed E-state index contributed by atoms with van der Waals surface area (Å²) in [7, 11) is 0. The maximum Gasteiger partial charge on any atom is 0.319 e. The number of urea groups is 1. The Morgan fingerprint density at radius 1 is 0.731 bits per heavy atom. The van der Waals surface area contributed by atoms with E-state index in [1.165, 1.54) is 38.5 Å². The molecule has 0 radical (unpaired) electrons. The third-order valence-electron chi connectivity index (χ3n) is 6.23. The Hall–Kier alpha value is -1.30. The van der Waals surface area contributed by atoms with Gasteiger partial charge in [0.1, 0.15) is 0 Å². The molecule has 2 aliphatic heterocycles. The zero-order chi connectivity index (χ0) is 18.2. The van der Waals surface area contributed by atoms with E-state index in [0.717, 1.165) is 45.3 Å². The smallest absolute Gasteiger partial charge is 0.319 e. The van der Waals surface area contributed by atoms with Crippen LogP contribution < -0.4 is 10.6 Å². The summed E-state index contributed by atoms with van der Waals surface area (Å²) in [5, 5.41) is 6.69. The summed E-state index contributed by atoms with van der Waals surface area (Å²) < 4.78 is 0. The van der Waals surface area contributed by atoms with Crippen molar-refractivity contribution in [3.05, 3.63) is 0 Å². The molecule has 148 valence electrons. The molecule has 3 fully saturated rings. The summed E-state index contributed by atoms with van der Waals surface area (Å²) in [6, 6.07) is 0.809. The normalized spacial score (nSPS) is 23.1. The lowest BCUT2D eigenvalue weighted by Crippen LogP contribution is -2.48. The van der Waals surface area contributed by atoms with E-state index in [0.29, 0.717) is 25.7 Å². The SMILES string of the molecule is O=C(NCCNC1CCCCCC1)C1CCN(C(=O)N2CCCC2)CC1. The van der Waals surface area contributed by atoms with Crippen molar-refractivity contribution in [3.8, 4) is 0 Å². The highest BCUT2D eigenvalue weighted by molar-refractivity contribution is 5.79. The lowest BCUT2D eigenvalue weighted by Gasteiger charge is -2.34. The van der Waals surface area contributed by atoms with E-state index in [1.807, 2.05) is 9.80 Å². The molecule has 0 bridgehead atoms. The van der Waals surface area contributed by atoms with Gasteiger partial charge in [0.05, 0.1) is 0 Å². The van der Waals surface area contributed by atoms with Crippen LogP contribution >= 0.6 is 0 Å². The minimum Gasteiger partial charge on any atom is -0.355 e. The molecule has 2 N–H and O–H groups in total. The van der Waals surface area contributed by atoms with Gasteiger partial charge in [-0.15, -0.1) is 0 Å². The van der Waals surface area contributed by atoms with Crippen molar-refractivity contribution in [2.45, 2.75) is 70.3 Å². The monoisotopic (exact) mass is 364 g/mol. The fourth-order valence-corrected chi connectivity index (χ4v) is 4.53. The zero-order valence-electron chi connectivity index (χ0n) is 16.2. The van der Waals surface area contributed by atoms with E-state index < -0.39 is 0 Å². The van der Waals surface area contributed by atoms with E-state index in [9.17, 15) is 9.59 Å². The second kappa shape index (κ2) is 10.1. The number of hydrogen-bond donors (Lipinski definition) is 2. The Kier molecular flexibility index (Phi) is 7.59. The van der Waals surface area contributed by atoms with Crippen LogP contribution in [0.15, 0.2) is 0 Å². The summed E-state index contributed by atoms with van der Waals surface area (Å²) in [5.41, 5.74) is 0. The van der Waals surface area contributed by atoms with Gasteiger partial charge in [0.15, 0.2) is 0 Å². The Bertz CT molecular complexity index is 449. The molecule has 0 spiro atoms. The van der Waals surface area contributed by atoms with Gasteiger partial charge in [0.25, 0.3) is 0 Å². The van der Waals surface area contributed by atoms with Crippen molar-refractivity contribution in [1.29, 1.82) is 0 Å². The Morgan fingerprint density at radius 3 is 2.00 bits per heavy atom. The lowest BCUT2D eigenvalue weighted by atomic mass is 9.96. The quantitative estimate of drug-likeness (QED) is 0.581. The van der Waals surface area contributed by atoms with Crippen LogP contribution in [0.3, 0.4) is 0 Å². The van der Waals surface area contributed by atoms with E-state index in [2.05, 4.69) is 10.6 Å². The van der Waals surface area contributed by atoms with Gasteiger partial charge in [-0.25, -0.2) is 4.79 Å². The molecule has 0 aromatic rings. The van der Waals surface area contributed by atoms with Crippen LogP contribution in [0.25, 0.3) is 0 Å². The molecule has 6 nitrogen and oxygen atoms in total. The van der Waals surface area contributed by atoms with Crippen LogP contribution in [0.5, 0.6) is 0 Å². The molecule has 0 unspecified atom stereocenters. The number of nitrogens with one attached hydrogen (secondary N) is 2. The zero-order valence-corrected chi connectivity index (χ0v) is 16.2. The van der Waals surface area contributed by atoms with Gasteiger partial charge in [-0.2, -0.15) is 0 Å². The van der Waals surface area contributed by atoms with Crippen LogP contribution in [-0.4, -0.2) is 67.0 Å². The van der Waals surface area contributed by atoms with Gasteiger partial charge in [-0.3, -0.25) is 4.79 Å². The minimum atomic E-state index is 0.0653. The van der Waals surface area contributed by atoms with Gasteiger partial charge in [-0.1, -0.05) is 25.7 Å². The third-order valence-corrected chi connectivity index (χ3v) is 6.23. The third kappa shape index (κ3) is 5.60. The maximum absolute atomic E-state index is 12.4. The summed E-state index contributed by atoms with van der Waals surface area (Å²) in [4.78, 5) is 28.7. The van der Waals surface area contributed by atoms with Gasteiger partial charge < -0.3 is 20.4 Å². The van der Waals surface area contributed by atoms with Crippen molar-refractivity contribution in [2.75, 3.05) is 39.3 Å². The molecule has 3 rings (SSSR count). The predicted molar refractivity (Wildman–Crippen MR) is 103 cm³/mol. The van der Waals surface area contributed by atoms with Gasteiger partial charge >= 0.3 is 6.03 Å². The molecule has 0 atom stereocenters. The first-order chi connectivity index (χ1) is 12.7. The predicted octanol–water partition coefficient (Wildman–Crippen LogP) is 2.34. The second-order valence-electron chi connectivity index (χ2n) is 8.17. The highest BCUT2D eigenvalue weighted by atomic mass is 16.2. The highest BCUT2D eigenvalue weighted by Gasteiger charge is 2.30. The number of hydrogen-bond acceptors (Lipinski definition) is 3. The molecule has 26 heavy (non-hydrogen) atoms. The fraction of sp³-hybridized carbons (Fsp3) is 0.900. The minimum absolute atomic E-state index is 0.0653. The fourth-order valence-electron chi connectivity index (χ4n) is 4.53. The molecule has 1 saturated carbocycles. The van der Waals surface area contributed by atoms with Gasteiger partial charge in [-0.05, 0) is 38.5 Å². The lowest BCUT2D eigenvalue weighted by molar-refractivity contribution is -0.126. The van der Waals surface area contributed by atoms with E-state index in [-0.39, 0.29) is 17.9 Å². The molecular weight excluding hydrogens is 328 g/mol. The molecule has 6 heteroatoms. The van der Waals surface area contributed by atoms with Gasteiger partial charge in [0, 0.05) is 51.2 Å². The van der Waals surface area contributed by atoms with Crippen LogP contribution in [-0.2, 0) is 4.79 Å². The molecule has 3 amide bonds. The van der Waals surface area contributed by atoms with Gasteiger partial charge in [0.2, 0.25) is 5.91 Å². The average molecular weight is 365 g/mol. The summed E-state index contributed by atoms with van der Waals surface area (Å²) >= 11 is 0. The maximum atomic E-state index is 12.4. The molecule has 2 heterocycles. The summed E-state index contributed by atoms with van der Waals surface area (Å²) in [6.07, 6.45) is 11.8. The average Bonchev–Trinajstić information content (AvgIpc) is 3.09. The van der Waals surface area contributed by atoms with E-state index >= 15 is 0 Å². The first kappa shape index (κ1) is 19.5. The molecule has 0 aromatic heterocycles. The first-order valence-electron chi connectivity index (χ1n) is 10.8. The van der Waals surface area contributed by atoms with Crippen LogP contribution in [0, 0.1) is 5.92 Å². The number of likely N-dealkylation sites (tertiary alicyclic amines) is 2. The number of amides is 3. The molecule has 1 aliphatic carbocycles. The summed E-state index contributed by atoms with van der Waals surface area (Å²) in [6.45, 7) is 4.80. The number of rotatable bonds is 5. The van der Waals surface area contributed by atoms with E-state index in [1.54, 1.807) is 0 Å². The number of carbonyl (C=O) groups excluding carboxylic acids is 2. The molecule has 0 aromatic carbocycles. The van der Waals surface area contributed by atoms with Crippen molar-refractivity contribution in [1.82, 2.24) is 20.4 Å². The van der Waals surface area contributed by atoms with Crippen molar-refractivity contribution >= 4 is 11.9 Å². The summed E-state index contributed by atoms with van der Waals surface area (Å²) in [5.74, 6) is 0.233. The van der Waals surface area contributed by atoms with Crippen molar-refractivity contribution in [3.63, 3.8) is 0 Å². The van der Waals surface area contributed by atoms with Crippen molar-refractivity contribution < 1.29 is 9.59 Å². The molecule has 2 saturated heterocycles. The number of piperidine rings is 1. The van der Waals surface area contributed by atoms with E-state index in [4.69, 9.17) is 0 Å². The molecular formula is C20H36N4O2. The Labute approximate surface area is 158 Å². The van der Waals surface area contributed by atoms with Crippen LogP contribution in [0.4, 0.5) is 4.79 Å². The number of carbonyl (C=O) groups is 2.